The molecular formula is C23H25FN2O4. The number of likely N-dealkylation sites (tertiary alicyclic amines) is 1. The third kappa shape index (κ3) is 4.40. The van der Waals surface area contributed by atoms with Gasteiger partial charge in [-0.3, -0.25) is 4.79 Å². The van der Waals surface area contributed by atoms with E-state index in [4.69, 9.17) is 13.7 Å². The van der Waals surface area contributed by atoms with Crippen molar-refractivity contribution in [3.63, 3.8) is 0 Å². The molecular weight excluding hydrogens is 387 g/mol. The van der Waals surface area contributed by atoms with E-state index >= 15 is 0 Å². The predicted octanol–water partition coefficient (Wildman–Crippen LogP) is 4.55. The number of nitrogens with zero attached hydrogens (tertiary/aromatic N) is 2. The molecule has 1 aromatic carbocycles. The van der Waals surface area contributed by atoms with Gasteiger partial charge in [0.1, 0.15) is 11.5 Å². The Kier molecular flexibility index (Phi) is 5.88. The van der Waals surface area contributed by atoms with E-state index in [0.717, 1.165) is 29.9 Å². The molecule has 3 heterocycles. The van der Waals surface area contributed by atoms with Crippen LogP contribution in [0, 0.1) is 25.6 Å². The average molecular weight is 412 g/mol. The van der Waals surface area contributed by atoms with Gasteiger partial charge in [0.05, 0.1) is 12.3 Å². The maximum atomic E-state index is 13.6. The molecule has 158 valence electrons. The fraction of sp³-hybridized carbons (Fsp3) is 0.391. The highest BCUT2D eigenvalue weighted by Crippen LogP contribution is 2.24. The van der Waals surface area contributed by atoms with Crippen molar-refractivity contribution in [2.24, 2.45) is 5.92 Å². The lowest BCUT2D eigenvalue weighted by Gasteiger charge is -2.15. The molecule has 7 heteroatoms. The average Bonchev–Trinajstić information content (AvgIpc) is 3.47. The van der Waals surface area contributed by atoms with Gasteiger partial charge in [0.2, 0.25) is 0 Å². The third-order valence-electron chi connectivity index (χ3n) is 5.60. The van der Waals surface area contributed by atoms with E-state index in [1.807, 2.05) is 24.8 Å². The lowest BCUT2D eigenvalue weighted by Crippen LogP contribution is -2.28. The molecule has 2 aromatic heterocycles. The van der Waals surface area contributed by atoms with Crippen molar-refractivity contribution in [3.8, 4) is 5.75 Å². The topological polar surface area (TPSA) is 68.7 Å². The highest BCUT2D eigenvalue weighted by atomic mass is 19.1. The molecule has 30 heavy (non-hydrogen) atoms. The minimum absolute atomic E-state index is 0.0995. The second-order valence-electron chi connectivity index (χ2n) is 7.72. The summed E-state index contributed by atoms with van der Waals surface area (Å²) in [6.45, 7) is 5.52. The second-order valence-corrected chi connectivity index (χ2v) is 7.72. The number of amides is 1. The number of hydrogen-bond acceptors (Lipinski definition) is 5. The summed E-state index contributed by atoms with van der Waals surface area (Å²) in [5, 5.41) is 3.95. The monoisotopic (exact) mass is 412 g/mol. The van der Waals surface area contributed by atoms with Gasteiger partial charge < -0.3 is 18.6 Å². The Morgan fingerprint density at radius 2 is 2.10 bits per heavy atom. The number of hydrogen-bond donors (Lipinski definition) is 0. The fourth-order valence-corrected chi connectivity index (χ4v) is 3.82. The molecule has 4 rings (SSSR count). The molecule has 1 aliphatic rings. The summed E-state index contributed by atoms with van der Waals surface area (Å²) in [5.74, 6) is 1.96. The summed E-state index contributed by atoms with van der Waals surface area (Å²) in [4.78, 5) is 14.6. The Morgan fingerprint density at radius 1 is 1.27 bits per heavy atom. The molecule has 1 amide bonds. The van der Waals surface area contributed by atoms with Gasteiger partial charge in [-0.15, -0.1) is 0 Å². The van der Waals surface area contributed by atoms with Crippen molar-refractivity contribution in [2.45, 2.75) is 33.1 Å². The summed E-state index contributed by atoms with van der Waals surface area (Å²) in [6, 6.07) is 9.94. The third-order valence-corrected chi connectivity index (χ3v) is 5.60. The summed E-state index contributed by atoms with van der Waals surface area (Å²) in [6.07, 6.45) is 2.22. The number of carbonyl (C=O) groups excluding carboxylic acids is 1. The van der Waals surface area contributed by atoms with Gasteiger partial charge in [-0.05, 0) is 56.9 Å². The van der Waals surface area contributed by atoms with Gasteiger partial charge in [0.15, 0.2) is 17.3 Å². The highest BCUT2D eigenvalue weighted by Gasteiger charge is 2.28. The number of aryl methyl sites for hydroxylation is 2. The molecule has 0 aliphatic carbocycles. The van der Waals surface area contributed by atoms with Crippen LogP contribution in [0.25, 0.3) is 0 Å². The molecule has 1 fully saturated rings. The normalized spacial score (nSPS) is 16.2. The van der Waals surface area contributed by atoms with Crippen LogP contribution < -0.4 is 4.74 Å². The molecule has 1 saturated heterocycles. The van der Waals surface area contributed by atoms with Crippen LogP contribution in [0.3, 0.4) is 0 Å². The van der Waals surface area contributed by atoms with Crippen LogP contribution in [0.1, 0.15) is 46.2 Å². The van der Waals surface area contributed by atoms with Crippen molar-refractivity contribution >= 4 is 5.91 Å². The quantitative estimate of drug-likeness (QED) is 0.570. The number of benzene rings is 1. The van der Waals surface area contributed by atoms with E-state index in [-0.39, 0.29) is 17.5 Å². The van der Waals surface area contributed by atoms with E-state index in [1.165, 1.54) is 6.07 Å². The summed E-state index contributed by atoms with van der Waals surface area (Å²) in [7, 11) is 0. The van der Waals surface area contributed by atoms with Crippen LogP contribution in [0.5, 0.6) is 5.75 Å². The van der Waals surface area contributed by atoms with Crippen LogP contribution in [0.2, 0.25) is 0 Å². The van der Waals surface area contributed by atoms with Crippen LogP contribution in [-0.2, 0) is 6.42 Å². The zero-order valence-corrected chi connectivity index (χ0v) is 17.2. The SMILES string of the molecule is Cc1noc(C)c1Cc1ccc(C(=O)N2CCC(CCOc3ccccc3F)C2)o1. The number of aromatic nitrogens is 1. The number of carbonyl (C=O) groups is 1. The van der Waals surface area contributed by atoms with Crippen molar-refractivity contribution in [2.75, 3.05) is 19.7 Å². The predicted molar refractivity (Wildman–Crippen MR) is 108 cm³/mol. The number of ether oxygens (including phenoxy) is 1. The summed E-state index contributed by atoms with van der Waals surface area (Å²) < 4.78 is 30.1. The van der Waals surface area contributed by atoms with Crippen LogP contribution >= 0.6 is 0 Å². The van der Waals surface area contributed by atoms with Crippen molar-refractivity contribution < 1.29 is 22.9 Å². The zero-order chi connectivity index (χ0) is 21.1. The molecule has 6 nitrogen and oxygen atoms in total. The van der Waals surface area contributed by atoms with E-state index in [0.29, 0.717) is 43.6 Å². The molecule has 0 bridgehead atoms. The van der Waals surface area contributed by atoms with E-state index in [1.54, 1.807) is 24.3 Å². The molecule has 0 spiro atoms. The van der Waals surface area contributed by atoms with Gasteiger partial charge in [-0.25, -0.2) is 4.39 Å². The number of halogens is 1. The molecule has 0 radical (unpaired) electrons. The first-order chi connectivity index (χ1) is 14.5. The zero-order valence-electron chi connectivity index (χ0n) is 17.2. The van der Waals surface area contributed by atoms with Gasteiger partial charge >= 0.3 is 0 Å². The molecule has 0 saturated carbocycles. The van der Waals surface area contributed by atoms with Gasteiger partial charge in [-0.1, -0.05) is 17.3 Å². The largest absolute Gasteiger partial charge is 0.491 e. The lowest BCUT2D eigenvalue weighted by atomic mass is 10.1. The Balaban J connectivity index is 1.28. The molecule has 1 atom stereocenters. The van der Waals surface area contributed by atoms with Gasteiger partial charge in [0, 0.05) is 25.1 Å². The van der Waals surface area contributed by atoms with E-state index in [2.05, 4.69) is 5.16 Å². The molecule has 1 unspecified atom stereocenters. The Bertz CT molecular complexity index is 1010. The van der Waals surface area contributed by atoms with E-state index in [9.17, 15) is 9.18 Å². The van der Waals surface area contributed by atoms with Crippen LogP contribution in [-0.4, -0.2) is 35.7 Å². The number of furan rings is 1. The van der Waals surface area contributed by atoms with Gasteiger partial charge in [0.25, 0.3) is 5.91 Å². The highest BCUT2D eigenvalue weighted by molar-refractivity contribution is 5.91. The van der Waals surface area contributed by atoms with E-state index < -0.39 is 0 Å². The Morgan fingerprint density at radius 3 is 2.87 bits per heavy atom. The standard InChI is InChI=1S/C23H25FN2O4/c1-15-19(16(2)30-25-15)13-18-7-8-22(29-18)23(27)26-11-9-17(14-26)10-12-28-21-6-4-3-5-20(21)24/h3-8,17H,9-14H2,1-2H3. The Labute approximate surface area is 174 Å². The smallest absolute Gasteiger partial charge is 0.289 e. The fourth-order valence-electron chi connectivity index (χ4n) is 3.82. The van der Waals surface area contributed by atoms with Crippen molar-refractivity contribution in [1.82, 2.24) is 10.1 Å². The first-order valence-corrected chi connectivity index (χ1v) is 10.2. The summed E-state index contributed by atoms with van der Waals surface area (Å²) >= 11 is 0. The maximum Gasteiger partial charge on any atom is 0.289 e. The van der Waals surface area contributed by atoms with Gasteiger partial charge in [-0.2, -0.15) is 0 Å². The maximum absolute atomic E-state index is 13.6. The van der Waals surface area contributed by atoms with Crippen molar-refractivity contribution in [1.29, 1.82) is 0 Å². The second kappa shape index (κ2) is 8.73. The van der Waals surface area contributed by atoms with Crippen LogP contribution in [0.4, 0.5) is 4.39 Å². The lowest BCUT2D eigenvalue weighted by molar-refractivity contribution is 0.0752. The molecule has 1 aliphatic heterocycles. The Hall–Kier alpha value is -3.09. The van der Waals surface area contributed by atoms with Crippen molar-refractivity contribution in [3.05, 3.63) is 70.8 Å². The number of rotatable bonds is 7. The number of para-hydroxylation sites is 1. The first kappa shape index (κ1) is 20.2. The van der Waals surface area contributed by atoms with Crippen LogP contribution in [0.15, 0.2) is 45.3 Å². The molecule has 3 aromatic rings. The minimum Gasteiger partial charge on any atom is -0.491 e. The molecule has 0 N–H and O–H groups in total. The first-order valence-electron chi connectivity index (χ1n) is 10.2. The minimum atomic E-state index is -0.356. The summed E-state index contributed by atoms with van der Waals surface area (Å²) in [5.41, 5.74) is 1.82.